The quantitative estimate of drug-likeness (QED) is 0.515. The van der Waals surface area contributed by atoms with E-state index in [0.717, 1.165) is 39.1 Å². The molecule has 1 aliphatic heterocycles. The summed E-state index contributed by atoms with van der Waals surface area (Å²) in [5.41, 5.74) is 2.93. The van der Waals surface area contributed by atoms with E-state index in [4.69, 9.17) is 15.3 Å². The fourth-order valence-corrected chi connectivity index (χ4v) is 2.31. The van der Waals surface area contributed by atoms with Gasteiger partial charge in [0.15, 0.2) is 0 Å². The molecule has 1 rings (SSSR count). The van der Waals surface area contributed by atoms with E-state index in [0.29, 0.717) is 5.92 Å². The summed E-state index contributed by atoms with van der Waals surface area (Å²) in [6.45, 7) is 6.63. The highest BCUT2D eigenvalue weighted by atomic mass is 16.5. The van der Waals surface area contributed by atoms with Crippen LogP contribution in [0.4, 0.5) is 0 Å². The third-order valence-electron chi connectivity index (χ3n) is 3.15. The number of hydrogen-bond acceptors (Lipinski definition) is 4. The Balaban J connectivity index is 2.50. The molecular formula is C11H24N2O2. The van der Waals surface area contributed by atoms with Crippen molar-refractivity contribution in [3.63, 3.8) is 0 Å². The van der Waals surface area contributed by atoms with Crippen molar-refractivity contribution in [2.24, 2.45) is 11.8 Å². The lowest BCUT2D eigenvalue weighted by atomic mass is 9.88. The normalized spacial score (nSPS) is 22.6. The van der Waals surface area contributed by atoms with Gasteiger partial charge in [0, 0.05) is 19.8 Å². The fraction of sp³-hybridized carbons (Fsp3) is 1.00. The average Bonchev–Trinajstić information content (AvgIpc) is 2.30. The second-order valence-electron chi connectivity index (χ2n) is 4.04. The lowest BCUT2D eigenvalue weighted by Crippen LogP contribution is -2.51. The maximum absolute atomic E-state index is 5.71. The number of ether oxygens (including phenoxy) is 2. The maximum atomic E-state index is 5.71. The zero-order chi connectivity index (χ0) is 11.1. The Bertz CT molecular complexity index is 156. The van der Waals surface area contributed by atoms with Gasteiger partial charge in [-0.2, -0.15) is 0 Å². The molecule has 0 radical (unpaired) electrons. The molecular weight excluding hydrogens is 192 g/mol. The number of nitrogens with one attached hydrogen (secondary N) is 1. The van der Waals surface area contributed by atoms with Crippen molar-refractivity contribution >= 4 is 0 Å². The van der Waals surface area contributed by atoms with Gasteiger partial charge in [0.05, 0.1) is 12.1 Å². The van der Waals surface area contributed by atoms with Crippen LogP contribution in [-0.4, -0.2) is 32.0 Å². The average molecular weight is 216 g/mol. The highest BCUT2D eigenvalue weighted by molar-refractivity contribution is 4.83. The Morgan fingerprint density at radius 2 is 2.07 bits per heavy atom. The van der Waals surface area contributed by atoms with Gasteiger partial charge in [-0.1, -0.05) is 6.92 Å². The predicted molar refractivity (Wildman–Crippen MR) is 60.4 cm³/mol. The van der Waals surface area contributed by atoms with Crippen LogP contribution < -0.4 is 11.3 Å². The summed E-state index contributed by atoms with van der Waals surface area (Å²) in [6.07, 6.45) is 3.39. The zero-order valence-corrected chi connectivity index (χ0v) is 9.87. The van der Waals surface area contributed by atoms with Crippen molar-refractivity contribution in [1.82, 2.24) is 5.43 Å². The summed E-state index contributed by atoms with van der Waals surface area (Å²) in [6, 6.07) is 0.263. The molecule has 1 aliphatic rings. The van der Waals surface area contributed by atoms with E-state index >= 15 is 0 Å². The summed E-state index contributed by atoms with van der Waals surface area (Å²) in [5.74, 6) is 6.22. The van der Waals surface area contributed by atoms with E-state index in [1.54, 1.807) is 0 Å². The number of nitrogens with two attached hydrogens (primary N) is 1. The van der Waals surface area contributed by atoms with Crippen LogP contribution in [0.3, 0.4) is 0 Å². The molecule has 4 nitrogen and oxygen atoms in total. The summed E-state index contributed by atoms with van der Waals surface area (Å²) < 4.78 is 11.1. The number of rotatable bonds is 6. The first-order valence-electron chi connectivity index (χ1n) is 5.98. The molecule has 15 heavy (non-hydrogen) atoms. The summed E-state index contributed by atoms with van der Waals surface area (Å²) in [7, 11) is 0. The van der Waals surface area contributed by atoms with E-state index in [9.17, 15) is 0 Å². The molecule has 1 saturated heterocycles. The topological polar surface area (TPSA) is 56.5 Å². The molecule has 0 spiro atoms. The number of hydrogen-bond donors (Lipinski definition) is 2. The van der Waals surface area contributed by atoms with E-state index in [1.165, 1.54) is 0 Å². The van der Waals surface area contributed by atoms with E-state index in [1.807, 2.05) is 6.92 Å². The van der Waals surface area contributed by atoms with Gasteiger partial charge in [-0.15, -0.1) is 0 Å². The summed E-state index contributed by atoms with van der Waals surface area (Å²) in [4.78, 5) is 0. The van der Waals surface area contributed by atoms with Gasteiger partial charge in [0.2, 0.25) is 0 Å². The van der Waals surface area contributed by atoms with Gasteiger partial charge < -0.3 is 9.47 Å². The van der Waals surface area contributed by atoms with Crippen LogP contribution in [0.1, 0.15) is 33.1 Å². The van der Waals surface area contributed by atoms with Gasteiger partial charge in [-0.25, -0.2) is 0 Å². The zero-order valence-electron chi connectivity index (χ0n) is 9.87. The third kappa shape index (κ3) is 3.72. The Morgan fingerprint density at radius 1 is 1.40 bits per heavy atom. The molecule has 0 saturated carbocycles. The molecule has 2 unspecified atom stereocenters. The van der Waals surface area contributed by atoms with Crippen LogP contribution in [0, 0.1) is 5.92 Å². The van der Waals surface area contributed by atoms with Crippen molar-refractivity contribution in [2.45, 2.75) is 45.3 Å². The highest BCUT2D eigenvalue weighted by Gasteiger charge is 2.29. The molecule has 90 valence electrons. The van der Waals surface area contributed by atoms with Crippen LogP contribution >= 0.6 is 0 Å². The Morgan fingerprint density at radius 3 is 2.53 bits per heavy atom. The van der Waals surface area contributed by atoms with Crippen LogP contribution in [0.5, 0.6) is 0 Å². The molecule has 4 heteroatoms. The second-order valence-corrected chi connectivity index (χ2v) is 4.04. The lowest BCUT2D eigenvalue weighted by Gasteiger charge is -2.34. The van der Waals surface area contributed by atoms with Gasteiger partial charge in [0.1, 0.15) is 0 Å². The van der Waals surface area contributed by atoms with Gasteiger partial charge in [-0.05, 0) is 32.1 Å². The van der Waals surface area contributed by atoms with Crippen molar-refractivity contribution in [1.29, 1.82) is 0 Å². The monoisotopic (exact) mass is 216 g/mol. The van der Waals surface area contributed by atoms with Gasteiger partial charge in [0.25, 0.3) is 0 Å². The molecule has 0 aromatic carbocycles. The second kappa shape index (κ2) is 7.17. The van der Waals surface area contributed by atoms with Crippen LogP contribution in [0.25, 0.3) is 0 Å². The standard InChI is InChI=1S/C11H24N2O2/c1-3-10(15-4-2)11(13-12)9-5-7-14-8-6-9/h9-11,13H,3-8,12H2,1-2H3. The van der Waals surface area contributed by atoms with Crippen molar-refractivity contribution in [2.75, 3.05) is 19.8 Å². The molecule has 1 heterocycles. The third-order valence-corrected chi connectivity index (χ3v) is 3.15. The van der Waals surface area contributed by atoms with Crippen LogP contribution in [-0.2, 0) is 9.47 Å². The van der Waals surface area contributed by atoms with Crippen molar-refractivity contribution in [3.8, 4) is 0 Å². The molecule has 0 bridgehead atoms. The summed E-state index contributed by atoms with van der Waals surface area (Å²) in [5, 5.41) is 0. The lowest BCUT2D eigenvalue weighted by molar-refractivity contribution is -0.0138. The van der Waals surface area contributed by atoms with E-state index in [2.05, 4.69) is 12.3 Å². The first-order chi connectivity index (χ1) is 7.33. The highest BCUT2D eigenvalue weighted by Crippen LogP contribution is 2.23. The Kier molecular flexibility index (Phi) is 6.17. The van der Waals surface area contributed by atoms with Crippen molar-refractivity contribution in [3.05, 3.63) is 0 Å². The number of hydrazine groups is 1. The van der Waals surface area contributed by atoms with Crippen LogP contribution in [0.15, 0.2) is 0 Å². The molecule has 3 N–H and O–H groups in total. The van der Waals surface area contributed by atoms with Gasteiger partial charge >= 0.3 is 0 Å². The smallest absolute Gasteiger partial charge is 0.0741 e. The SMILES string of the molecule is CCOC(CC)C(NN)C1CCOCC1. The maximum Gasteiger partial charge on any atom is 0.0741 e. The first kappa shape index (κ1) is 12.9. The summed E-state index contributed by atoms with van der Waals surface area (Å²) >= 11 is 0. The molecule has 1 fully saturated rings. The minimum Gasteiger partial charge on any atom is -0.381 e. The molecule has 0 aliphatic carbocycles. The minimum absolute atomic E-state index is 0.225. The molecule has 2 atom stereocenters. The van der Waals surface area contributed by atoms with E-state index in [-0.39, 0.29) is 12.1 Å². The Labute approximate surface area is 92.5 Å². The largest absolute Gasteiger partial charge is 0.381 e. The van der Waals surface area contributed by atoms with Crippen LogP contribution in [0.2, 0.25) is 0 Å². The molecule has 0 aromatic heterocycles. The fourth-order valence-electron chi connectivity index (χ4n) is 2.31. The molecule has 0 amide bonds. The minimum atomic E-state index is 0.225. The van der Waals surface area contributed by atoms with Gasteiger partial charge in [-0.3, -0.25) is 11.3 Å². The van der Waals surface area contributed by atoms with E-state index < -0.39 is 0 Å². The Hall–Kier alpha value is -0.160. The van der Waals surface area contributed by atoms with Crippen molar-refractivity contribution < 1.29 is 9.47 Å². The molecule has 0 aromatic rings. The predicted octanol–water partition coefficient (Wildman–Crippen LogP) is 1.06. The first-order valence-corrected chi connectivity index (χ1v) is 5.98.